The van der Waals surface area contributed by atoms with Crippen LogP contribution in [0.25, 0.3) is 27.9 Å². The van der Waals surface area contributed by atoms with Crippen molar-refractivity contribution in [2.75, 3.05) is 0 Å². The summed E-state index contributed by atoms with van der Waals surface area (Å²) in [6, 6.07) is 22.4. The van der Waals surface area contributed by atoms with E-state index in [-0.39, 0.29) is 10.8 Å². The minimum Gasteiger partial charge on any atom is -0.355 e. The molecule has 4 aromatic rings. The Hall–Kier alpha value is -2.80. The van der Waals surface area contributed by atoms with E-state index in [1.165, 1.54) is 44.1 Å². The fourth-order valence-corrected chi connectivity index (χ4v) is 6.02. The van der Waals surface area contributed by atoms with Gasteiger partial charge in [-0.3, -0.25) is 0 Å². The van der Waals surface area contributed by atoms with Gasteiger partial charge in [-0.1, -0.05) is 75.4 Å². The topological polar surface area (TPSA) is 15.8 Å². The number of aromatic amines is 1. The molecule has 0 saturated heterocycles. The molecule has 2 aliphatic rings. The third-order valence-electron chi connectivity index (χ3n) is 7.16. The zero-order valence-corrected chi connectivity index (χ0v) is 16.0. The number of rotatable bonds is 0. The number of aromatic nitrogens is 1. The fourth-order valence-electron chi connectivity index (χ4n) is 6.02. The summed E-state index contributed by atoms with van der Waals surface area (Å²) in [7, 11) is 0. The van der Waals surface area contributed by atoms with Crippen molar-refractivity contribution in [1.29, 1.82) is 0 Å². The summed E-state index contributed by atoms with van der Waals surface area (Å²) >= 11 is 0. The number of H-pyrrole nitrogens is 1. The van der Waals surface area contributed by atoms with Crippen molar-refractivity contribution in [2.24, 2.45) is 0 Å². The van der Waals surface area contributed by atoms with E-state index in [2.05, 4.69) is 98.6 Å². The summed E-state index contributed by atoms with van der Waals surface area (Å²) < 4.78 is 0. The fraction of sp³-hybridized carbons (Fsp3) is 0.231. The van der Waals surface area contributed by atoms with Gasteiger partial charge >= 0.3 is 0 Å². The van der Waals surface area contributed by atoms with Gasteiger partial charge in [0.1, 0.15) is 0 Å². The van der Waals surface area contributed by atoms with Crippen molar-refractivity contribution >= 4 is 27.9 Å². The molecule has 27 heavy (non-hydrogen) atoms. The monoisotopic (exact) mass is 349 g/mol. The summed E-state index contributed by atoms with van der Waals surface area (Å²) in [6.45, 7) is 7.27. The highest BCUT2D eigenvalue weighted by atomic mass is 14.7. The lowest BCUT2D eigenvalue weighted by Crippen LogP contribution is -2.34. The van der Waals surface area contributed by atoms with Crippen LogP contribution in [0.3, 0.4) is 0 Å². The number of fused-ring (bicyclic) bond motifs is 8. The SMILES string of the molecule is CC1(C)c2cc3[nH]c4ccccc4c3cc2C2(C)C=Cc3ccccc3C12. The third-order valence-corrected chi connectivity index (χ3v) is 7.16. The first kappa shape index (κ1) is 15.3. The van der Waals surface area contributed by atoms with Crippen molar-refractivity contribution in [3.63, 3.8) is 0 Å². The molecule has 0 aliphatic heterocycles. The third kappa shape index (κ3) is 1.75. The lowest BCUT2D eigenvalue weighted by Gasteiger charge is -2.40. The number of allylic oxidation sites excluding steroid dienone is 1. The standard InChI is InChI=1S/C26H23N/c1-25(2)20-15-23-19(18-10-6-7-11-22(18)27-23)14-21(20)26(3)13-12-16-8-4-5-9-17(16)24(25)26/h4-15,24,27H,1-3H3. The molecule has 0 fully saturated rings. The number of hydrogen-bond donors (Lipinski definition) is 1. The lowest BCUT2D eigenvalue weighted by atomic mass is 9.62. The van der Waals surface area contributed by atoms with Gasteiger partial charge in [-0.15, -0.1) is 0 Å². The Bertz CT molecular complexity index is 1270. The summed E-state index contributed by atoms with van der Waals surface area (Å²) in [6.07, 6.45) is 4.78. The summed E-state index contributed by atoms with van der Waals surface area (Å²) in [4.78, 5) is 3.64. The highest BCUT2D eigenvalue weighted by Gasteiger charge is 2.54. The van der Waals surface area contributed by atoms with Crippen LogP contribution in [0, 0.1) is 0 Å². The first-order chi connectivity index (χ1) is 13.0. The van der Waals surface area contributed by atoms with Crippen LogP contribution in [0.15, 0.2) is 66.7 Å². The van der Waals surface area contributed by atoms with Crippen LogP contribution in [0.1, 0.15) is 48.9 Å². The average molecular weight is 349 g/mol. The molecule has 0 radical (unpaired) electrons. The number of para-hydroxylation sites is 1. The summed E-state index contributed by atoms with van der Waals surface area (Å²) in [5.74, 6) is 0.457. The van der Waals surface area contributed by atoms with E-state index in [1.807, 2.05) is 0 Å². The van der Waals surface area contributed by atoms with Crippen LogP contribution < -0.4 is 0 Å². The highest BCUT2D eigenvalue weighted by Crippen LogP contribution is 2.62. The van der Waals surface area contributed by atoms with Gasteiger partial charge in [-0.05, 0) is 45.9 Å². The predicted octanol–water partition coefficient (Wildman–Crippen LogP) is 6.68. The Labute approximate surface area is 159 Å². The molecule has 2 atom stereocenters. The molecule has 3 aromatic carbocycles. The van der Waals surface area contributed by atoms with Crippen LogP contribution >= 0.6 is 0 Å². The number of benzene rings is 3. The zero-order chi connectivity index (χ0) is 18.4. The van der Waals surface area contributed by atoms with Crippen molar-refractivity contribution < 1.29 is 0 Å². The van der Waals surface area contributed by atoms with Crippen molar-refractivity contribution in [3.8, 4) is 0 Å². The maximum Gasteiger partial charge on any atom is 0.0468 e. The van der Waals surface area contributed by atoms with Gasteiger partial charge in [-0.25, -0.2) is 0 Å². The van der Waals surface area contributed by atoms with Crippen molar-refractivity contribution in [2.45, 2.75) is 37.5 Å². The Kier molecular flexibility index (Phi) is 2.67. The Morgan fingerprint density at radius 3 is 2.44 bits per heavy atom. The second kappa shape index (κ2) is 4.72. The van der Waals surface area contributed by atoms with Crippen LogP contribution in [0.2, 0.25) is 0 Å². The van der Waals surface area contributed by atoms with Gasteiger partial charge < -0.3 is 4.98 Å². The van der Waals surface area contributed by atoms with Gasteiger partial charge in [0, 0.05) is 33.1 Å². The second-order valence-corrected chi connectivity index (χ2v) is 9.01. The Morgan fingerprint density at radius 1 is 0.778 bits per heavy atom. The lowest BCUT2D eigenvalue weighted by molar-refractivity contribution is 0.355. The molecule has 132 valence electrons. The van der Waals surface area contributed by atoms with Gasteiger partial charge in [0.25, 0.3) is 0 Å². The normalized spacial score (nSPS) is 24.8. The minimum atomic E-state index is 0.0275. The van der Waals surface area contributed by atoms with Crippen LogP contribution in [-0.4, -0.2) is 4.98 Å². The van der Waals surface area contributed by atoms with E-state index in [0.717, 1.165) is 0 Å². The van der Waals surface area contributed by atoms with Crippen molar-refractivity contribution in [3.05, 3.63) is 89.0 Å². The molecular weight excluding hydrogens is 326 g/mol. The highest BCUT2D eigenvalue weighted by molar-refractivity contribution is 6.08. The molecular formula is C26H23N. The first-order valence-electron chi connectivity index (χ1n) is 9.84. The molecule has 2 aliphatic carbocycles. The van der Waals surface area contributed by atoms with Gasteiger partial charge in [0.2, 0.25) is 0 Å². The summed E-state index contributed by atoms with van der Waals surface area (Å²) in [5, 5.41) is 2.66. The van der Waals surface area contributed by atoms with Gasteiger partial charge in [0.15, 0.2) is 0 Å². The largest absolute Gasteiger partial charge is 0.355 e. The molecule has 6 rings (SSSR count). The van der Waals surface area contributed by atoms with Crippen molar-refractivity contribution in [1.82, 2.24) is 4.98 Å². The van der Waals surface area contributed by atoms with E-state index in [4.69, 9.17) is 0 Å². The first-order valence-corrected chi connectivity index (χ1v) is 9.84. The number of nitrogens with one attached hydrogen (secondary N) is 1. The van der Waals surface area contributed by atoms with E-state index in [9.17, 15) is 0 Å². The Balaban J connectivity index is 1.71. The van der Waals surface area contributed by atoms with E-state index in [0.29, 0.717) is 5.92 Å². The molecule has 1 N–H and O–H groups in total. The van der Waals surface area contributed by atoms with E-state index in [1.54, 1.807) is 0 Å². The average Bonchev–Trinajstić information content (AvgIpc) is 3.12. The molecule has 1 nitrogen and oxygen atoms in total. The molecule has 2 unspecified atom stereocenters. The maximum absolute atomic E-state index is 3.64. The van der Waals surface area contributed by atoms with E-state index >= 15 is 0 Å². The summed E-state index contributed by atoms with van der Waals surface area (Å²) in [5.41, 5.74) is 8.41. The van der Waals surface area contributed by atoms with Crippen LogP contribution in [0.5, 0.6) is 0 Å². The number of hydrogen-bond acceptors (Lipinski definition) is 0. The molecule has 1 heterocycles. The zero-order valence-electron chi connectivity index (χ0n) is 16.0. The predicted molar refractivity (Wildman–Crippen MR) is 114 cm³/mol. The minimum absolute atomic E-state index is 0.0275. The smallest absolute Gasteiger partial charge is 0.0468 e. The van der Waals surface area contributed by atoms with Crippen LogP contribution in [-0.2, 0) is 10.8 Å². The molecule has 0 amide bonds. The quantitative estimate of drug-likeness (QED) is 0.364. The molecule has 0 spiro atoms. The molecule has 1 aromatic heterocycles. The van der Waals surface area contributed by atoms with Crippen LogP contribution in [0.4, 0.5) is 0 Å². The maximum atomic E-state index is 3.64. The Morgan fingerprint density at radius 2 is 1.56 bits per heavy atom. The van der Waals surface area contributed by atoms with Gasteiger partial charge in [-0.2, -0.15) is 0 Å². The molecule has 0 saturated carbocycles. The molecule has 1 heteroatoms. The second-order valence-electron chi connectivity index (χ2n) is 9.01. The van der Waals surface area contributed by atoms with Gasteiger partial charge in [0.05, 0.1) is 0 Å². The molecule has 0 bridgehead atoms. The van der Waals surface area contributed by atoms with E-state index < -0.39 is 0 Å².